The van der Waals surface area contributed by atoms with Crippen molar-refractivity contribution < 1.29 is 0 Å². The lowest BCUT2D eigenvalue weighted by Crippen LogP contribution is -2.05. The first kappa shape index (κ1) is 7.99. The summed E-state index contributed by atoms with van der Waals surface area (Å²) >= 11 is 0. The van der Waals surface area contributed by atoms with E-state index in [4.69, 9.17) is 0 Å². The summed E-state index contributed by atoms with van der Waals surface area (Å²) in [7, 11) is -0.184. The SMILES string of the molecule is CC(C)(C)[SiH2]/N=C/C1CC1. The maximum absolute atomic E-state index is 4.52. The maximum atomic E-state index is 4.52. The van der Waals surface area contributed by atoms with Crippen molar-refractivity contribution in [3.05, 3.63) is 0 Å². The lowest BCUT2D eigenvalue weighted by Gasteiger charge is -2.12. The smallest absolute Gasteiger partial charge is 0.155 e. The molecule has 0 bridgehead atoms. The van der Waals surface area contributed by atoms with Crippen molar-refractivity contribution in [1.29, 1.82) is 0 Å². The standard InChI is InChI=1S/C8H17NSi/c1-8(2,3)10-9-6-7-4-5-7/h6-7H,4-5,10H2,1-3H3/b9-6+. The molecule has 0 unspecified atom stereocenters. The fourth-order valence-corrected chi connectivity index (χ4v) is 1.67. The maximum Gasteiger partial charge on any atom is 0.155 e. The van der Waals surface area contributed by atoms with Gasteiger partial charge in [0, 0.05) is 0 Å². The lowest BCUT2D eigenvalue weighted by atomic mass is 10.3. The van der Waals surface area contributed by atoms with Crippen LogP contribution in [0.2, 0.25) is 5.04 Å². The summed E-state index contributed by atoms with van der Waals surface area (Å²) in [5, 5.41) is 0.505. The molecule has 1 rings (SSSR count). The minimum atomic E-state index is -0.184. The molecular weight excluding hydrogens is 138 g/mol. The summed E-state index contributed by atoms with van der Waals surface area (Å²) in [5.74, 6) is 0.870. The third-order valence-electron chi connectivity index (χ3n) is 1.50. The molecule has 0 spiro atoms. The van der Waals surface area contributed by atoms with E-state index in [1.807, 2.05) is 0 Å². The molecule has 1 aliphatic carbocycles. The average molecular weight is 155 g/mol. The predicted octanol–water partition coefficient (Wildman–Crippen LogP) is 1.77. The number of nitrogens with zero attached hydrogens (tertiary/aromatic N) is 1. The van der Waals surface area contributed by atoms with Gasteiger partial charge in [0.15, 0.2) is 9.68 Å². The molecule has 1 saturated carbocycles. The number of hydrogen-bond acceptors (Lipinski definition) is 1. The highest BCUT2D eigenvalue weighted by Crippen LogP contribution is 2.27. The highest BCUT2D eigenvalue weighted by atomic mass is 28.2. The highest BCUT2D eigenvalue weighted by molar-refractivity contribution is 6.39. The quantitative estimate of drug-likeness (QED) is 0.426. The first-order valence-electron chi connectivity index (χ1n) is 4.08. The van der Waals surface area contributed by atoms with E-state index >= 15 is 0 Å². The minimum Gasteiger partial charge on any atom is -0.340 e. The van der Waals surface area contributed by atoms with Gasteiger partial charge in [0.1, 0.15) is 0 Å². The highest BCUT2D eigenvalue weighted by Gasteiger charge is 2.18. The zero-order chi connectivity index (χ0) is 7.61. The van der Waals surface area contributed by atoms with Gasteiger partial charge in [-0.05, 0) is 30.0 Å². The predicted molar refractivity (Wildman–Crippen MR) is 49.5 cm³/mol. The molecule has 0 aromatic heterocycles. The molecular formula is C8H17NSi. The Balaban J connectivity index is 2.13. The van der Waals surface area contributed by atoms with Gasteiger partial charge in [-0.3, -0.25) is 0 Å². The Kier molecular flexibility index (Phi) is 2.29. The van der Waals surface area contributed by atoms with Crippen molar-refractivity contribution in [2.45, 2.75) is 38.7 Å². The third kappa shape index (κ3) is 3.83. The molecule has 0 N–H and O–H groups in total. The van der Waals surface area contributed by atoms with Crippen molar-refractivity contribution >= 4 is 15.9 Å². The minimum absolute atomic E-state index is 0.184. The van der Waals surface area contributed by atoms with Crippen LogP contribution in [0.4, 0.5) is 0 Å². The summed E-state index contributed by atoms with van der Waals surface area (Å²) < 4.78 is 4.52. The van der Waals surface area contributed by atoms with E-state index in [2.05, 4.69) is 31.6 Å². The van der Waals surface area contributed by atoms with Crippen LogP contribution in [0.25, 0.3) is 0 Å². The van der Waals surface area contributed by atoms with Crippen molar-refractivity contribution in [1.82, 2.24) is 0 Å². The van der Waals surface area contributed by atoms with Gasteiger partial charge in [-0.15, -0.1) is 0 Å². The van der Waals surface area contributed by atoms with Crippen LogP contribution in [0.5, 0.6) is 0 Å². The van der Waals surface area contributed by atoms with E-state index in [1.54, 1.807) is 0 Å². The van der Waals surface area contributed by atoms with Gasteiger partial charge in [0.25, 0.3) is 0 Å². The molecule has 0 radical (unpaired) electrons. The fraction of sp³-hybridized carbons (Fsp3) is 0.875. The van der Waals surface area contributed by atoms with Crippen molar-refractivity contribution in [3.8, 4) is 0 Å². The van der Waals surface area contributed by atoms with Crippen molar-refractivity contribution in [2.24, 2.45) is 10.6 Å². The summed E-state index contributed by atoms with van der Waals surface area (Å²) in [6, 6.07) is 0. The molecule has 2 heteroatoms. The van der Waals surface area contributed by atoms with E-state index in [0.717, 1.165) is 5.92 Å². The zero-order valence-electron chi connectivity index (χ0n) is 7.22. The molecule has 1 fully saturated rings. The van der Waals surface area contributed by atoms with E-state index in [-0.39, 0.29) is 9.68 Å². The van der Waals surface area contributed by atoms with Crippen LogP contribution >= 0.6 is 0 Å². The Morgan fingerprint density at radius 1 is 1.40 bits per heavy atom. The monoisotopic (exact) mass is 155 g/mol. The molecule has 0 amide bonds. The van der Waals surface area contributed by atoms with Crippen LogP contribution < -0.4 is 0 Å². The lowest BCUT2D eigenvalue weighted by molar-refractivity contribution is 0.752. The van der Waals surface area contributed by atoms with Crippen LogP contribution in [-0.4, -0.2) is 15.9 Å². The van der Waals surface area contributed by atoms with Gasteiger partial charge < -0.3 is 4.66 Å². The Labute approximate surface area is 65.8 Å². The summed E-state index contributed by atoms with van der Waals surface area (Å²) in [4.78, 5) is 0. The fourth-order valence-electron chi connectivity index (χ4n) is 0.721. The largest absolute Gasteiger partial charge is 0.340 e. The van der Waals surface area contributed by atoms with Gasteiger partial charge >= 0.3 is 0 Å². The molecule has 0 heterocycles. The molecule has 0 aliphatic heterocycles. The second-order valence-corrected chi connectivity index (χ2v) is 7.19. The van der Waals surface area contributed by atoms with Gasteiger partial charge in [-0.1, -0.05) is 20.8 Å². The number of hydrogen-bond donors (Lipinski definition) is 0. The Morgan fingerprint density at radius 2 is 2.00 bits per heavy atom. The molecule has 0 aromatic carbocycles. The zero-order valence-corrected chi connectivity index (χ0v) is 8.64. The van der Waals surface area contributed by atoms with Crippen LogP contribution in [0, 0.1) is 5.92 Å². The van der Waals surface area contributed by atoms with Gasteiger partial charge in [-0.2, -0.15) is 0 Å². The van der Waals surface area contributed by atoms with E-state index in [1.165, 1.54) is 12.8 Å². The van der Waals surface area contributed by atoms with Crippen LogP contribution in [0.3, 0.4) is 0 Å². The normalized spacial score (nSPS) is 21.5. The molecule has 10 heavy (non-hydrogen) atoms. The van der Waals surface area contributed by atoms with Crippen LogP contribution in [0.1, 0.15) is 33.6 Å². The molecule has 0 atom stereocenters. The Morgan fingerprint density at radius 3 is 2.40 bits per heavy atom. The van der Waals surface area contributed by atoms with E-state index in [9.17, 15) is 0 Å². The molecule has 0 saturated heterocycles. The van der Waals surface area contributed by atoms with E-state index in [0.29, 0.717) is 5.04 Å². The van der Waals surface area contributed by atoms with Crippen LogP contribution in [0.15, 0.2) is 4.66 Å². The Bertz CT molecular complexity index is 131. The molecule has 0 aromatic rings. The van der Waals surface area contributed by atoms with Crippen molar-refractivity contribution in [2.75, 3.05) is 0 Å². The van der Waals surface area contributed by atoms with Gasteiger partial charge in [-0.25, -0.2) is 0 Å². The summed E-state index contributed by atoms with van der Waals surface area (Å²) in [6.07, 6.45) is 4.97. The van der Waals surface area contributed by atoms with Gasteiger partial charge in [0.2, 0.25) is 0 Å². The second-order valence-electron chi connectivity index (χ2n) is 4.39. The second kappa shape index (κ2) is 2.87. The van der Waals surface area contributed by atoms with Crippen molar-refractivity contribution in [3.63, 3.8) is 0 Å². The molecule has 1 nitrogen and oxygen atoms in total. The summed E-state index contributed by atoms with van der Waals surface area (Å²) in [6.45, 7) is 6.84. The average Bonchev–Trinajstić information content (AvgIpc) is 2.45. The van der Waals surface area contributed by atoms with E-state index < -0.39 is 0 Å². The summed E-state index contributed by atoms with van der Waals surface area (Å²) in [5.41, 5.74) is 0. The Hall–Kier alpha value is -0.113. The first-order valence-corrected chi connectivity index (χ1v) is 5.42. The first-order chi connectivity index (χ1) is 4.58. The van der Waals surface area contributed by atoms with Crippen LogP contribution in [-0.2, 0) is 0 Å². The van der Waals surface area contributed by atoms with Gasteiger partial charge in [0.05, 0.1) is 0 Å². The third-order valence-corrected chi connectivity index (χ3v) is 2.85. The molecule has 58 valence electrons. The topological polar surface area (TPSA) is 12.4 Å². The number of rotatable bonds is 2. The molecule has 1 aliphatic rings.